The van der Waals surface area contributed by atoms with Crippen molar-refractivity contribution in [3.05, 3.63) is 29.3 Å². The lowest BCUT2D eigenvalue weighted by Crippen LogP contribution is -2.33. The Morgan fingerprint density at radius 1 is 1.35 bits per heavy atom. The summed E-state index contributed by atoms with van der Waals surface area (Å²) in [6.45, 7) is 4.10. The smallest absolute Gasteiger partial charge is 0.240 e. The summed E-state index contributed by atoms with van der Waals surface area (Å²) in [4.78, 5) is 0.183. The lowest BCUT2D eigenvalue weighted by atomic mass is 10.1. The molecule has 0 saturated carbocycles. The van der Waals surface area contributed by atoms with E-state index in [0.29, 0.717) is 18.6 Å². The fraction of sp³-hybridized carbons (Fsp3) is 0.571. The van der Waals surface area contributed by atoms with Crippen LogP contribution in [0.1, 0.15) is 31.4 Å². The number of aliphatic hydroxyl groups is 1. The molecule has 0 aliphatic carbocycles. The molecule has 0 aliphatic rings. The van der Waals surface area contributed by atoms with Crippen molar-refractivity contribution in [3.63, 3.8) is 0 Å². The summed E-state index contributed by atoms with van der Waals surface area (Å²) in [7, 11) is -1.98. The Hall–Kier alpha value is -0.950. The molecule has 114 valence electrons. The van der Waals surface area contributed by atoms with E-state index < -0.39 is 10.0 Å². The second-order valence-corrected chi connectivity index (χ2v) is 6.46. The molecule has 0 heterocycles. The van der Waals surface area contributed by atoms with E-state index in [4.69, 9.17) is 4.74 Å². The third-order valence-electron chi connectivity index (χ3n) is 3.15. The van der Waals surface area contributed by atoms with Gasteiger partial charge in [-0.05, 0) is 43.0 Å². The fourth-order valence-corrected chi connectivity index (χ4v) is 3.28. The molecule has 1 unspecified atom stereocenters. The molecule has 1 atom stereocenters. The first kappa shape index (κ1) is 17.1. The van der Waals surface area contributed by atoms with E-state index in [-0.39, 0.29) is 17.5 Å². The number of methoxy groups -OCH3 is 1. The minimum atomic E-state index is -3.56. The number of rotatable bonds is 8. The number of ether oxygens (including phenoxy) is 1. The highest BCUT2D eigenvalue weighted by Crippen LogP contribution is 2.17. The van der Waals surface area contributed by atoms with Crippen LogP contribution in [0, 0.1) is 0 Å². The Labute approximate surface area is 121 Å². The van der Waals surface area contributed by atoms with Crippen LogP contribution >= 0.6 is 0 Å². The third kappa shape index (κ3) is 4.56. The Kier molecular flexibility index (Phi) is 6.61. The first-order valence-electron chi connectivity index (χ1n) is 6.68. The van der Waals surface area contributed by atoms with Gasteiger partial charge in [0.05, 0.1) is 11.5 Å². The van der Waals surface area contributed by atoms with Crippen LogP contribution in [0.25, 0.3) is 0 Å². The van der Waals surface area contributed by atoms with Crippen molar-refractivity contribution in [2.75, 3.05) is 13.7 Å². The number of aliphatic hydroxyl groups excluding tert-OH is 1. The Bertz CT molecular complexity index is 528. The topological polar surface area (TPSA) is 75.6 Å². The maximum atomic E-state index is 12.2. The molecule has 0 fully saturated rings. The van der Waals surface area contributed by atoms with Gasteiger partial charge in [0.2, 0.25) is 10.0 Å². The van der Waals surface area contributed by atoms with Crippen molar-refractivity contribution < 1.29 is 18.3 Å². The molecule has 2 N–H and O–H groups in total. The van der Waals surface area contributed by atoms with Crippen molar-refractivity contribution in [2.24, 2.45) is 0 Å². The molecule has 0 amide bonds. The second kappa shape index (κ2) is 7.73. The van der Waals surface area contributed by atoms with Crippen LogP contribution in [-0.2, 0) is 27.8 Å². The molecule has 0 aliphatic heterocycles. The minimum absolute atomic E-state index is 0.161. The lowest BCUT2D eigenvalue weighted by Gasteiger charge is -2.15. The zero-order valence-electron chi connectivity index (χ0n) is 12.2. The van der Waals surface area contributed by atoms with Gasteiger partial charge in [0, 0.05) is 19.8 Å². The average Bonchev–Trinajstić information content (AvgIpc) is 2.43. The summed E-state index contributed by atoms with van der Waals surface area (Å²) < 4.78 is 32.0. The van der Waals surface area contributed by atoms with Gasteiger partial charge in [-0.25, -0.2) is 13.1 Å². The van der Waals surface area contributed by atoms with Crippen LogP contribution in [0.4, 0.5) is 0 Å². The van der Waals surface area contributed by atoms with Gasteiger partial charge in [0.1, 0.15) is 0 Å². The second-order valence-electron chi connectivity index (χ2n) is 4.75. The van der Waals surface area contributed by atoms with Crippen molar-refractivity contribution in [2.45, 2.75) is 44.2 Å². The summed E-state index contributed by atoms with van der Waals surface area (Å²) in [5, 5.41) is 9.31. The molecule has 6 heteroatoms. The first-order valence-corrected chi connectivity index (χ1v) is 8.16. The van der Waals surface area contributed by atoms with E-state index in [1.807, 2.05) is 6.92 Å². The third-order valence-corrected chi connectivity index (χ3v) is 4.74. The van der Waals surface area contributed by atoms with Gasteiger partial charge in [-0.3, -0.25) is 0 Å². The molecule has 20 heavy (non-hydrogen) atoms. The van der Waals surface area contributed by atoms with Gasteiger partial charge in [-0.2, -0.15) is 0 Å². The van der Waals surface area contributed by atoms with Gasteiger partial charge in [0.25, 0.3) is 0 Å². The van der Waals surface area contributed by atoms with Crippen molar-refractivity contribution in [1.29, 1.82) is 0 Å². The number of sulfonamides is 1. The van der Waals surface area contributed by atoms with Crippen molar-refractivity contribution in [1.82, 2.24) is 4.72 Å². The number of hydrogen-bond acceptors (Lipinski definition) is 4. The maximum absolute atomic E-state index is 12.2. The Morgan fingerprint density at radius 3 is 2.60 bits per heavy atom. The van der Waals surface area contributed by atoms with Crippen molar-refractivity contribution in [3.8, 4) is 0 Å². The first-order chi connectivity index (χ1) is 9.44. The largest absolute Gasteiger partial charge is 0.392 e. The number of benzene rings is 1. The molecule has 0 radical (unpaired) electrons. The molecule has 0 saturated heterocycles. The highest BCUT2D eigenvalue weighted by atomic mass is 32.2. The summed E-state index contributed by atoms with van der Waals surface area (Å²) >= 11 is 0. The highest BCUT2D eigenvalue weighted by Gasteiger charge is 2.18. The van der Waals surface area contributed by atoms with E-state index in [0.717, 1.165) is 12.0 Å². The van der Waals surface area contributed by atoms with Crippen LogP contribution in [0.5, 0.6) is 0 Å². The number of nitrogens with one attached hydrogen (secondary N) is 1. The van der Waals surface area contributed by atoms with E-state index in [9.17, 15) is 13.5 Å². The van der Waals surface area contributed by atoms with Crippen LogP contribution in [0.15, 0.2) is 23.1 Å². The summed E-state index contributed by atoms with van der Waals surface area (Å²) in [6, 6.07) is 4.65. The van der Waals surface area contributed by atoms with Crippen LogP contribution in [0.2, 0.25) is 0 Å². The van der Waals surface area contributed by atoms with E-state index >= 15 is 0 Å². The molecular weight excluding hydrogens is 278 g/mol. The van der Waals surface area contributed by atoms with Crippen LogP contribution in [-0.4, -0.2) is 33.3 Å². The van der Waals surface area contributed by atoms with E-state index in [1.165, 1.54) is 6.07 Å². The lowest BCUT2D eigenvalue weighted by molar-refractivity contribution is 0.188. The summed E-state index contributed by atoms with van der Waals surface area (Å²) in [5.74, 6) is 0. The van der Waals surface area contributed by atoms with E-state index in [2.05, 4.69) is 4.72 Å². The number of hydrogen-bond donors (Lipinski definition) is 2. The normalized spacial score (nSPS) is 13.4. The molecule has 1 aromatic carbocycles. The van der Waals surface area contributed by atoms with Gasteiger partial charge in [-0.1, -0.05) is 13.0 Å². The maximum Gasteiger partial charge on any atom is 0.240 e. The zero-order valence-corrected chi connectivity index (χ0v) is 13.0. The molecule has 0 spiro atoms. The van der Waals surface area contributed by atoms with Gasteiger partial charge in [-0.15, -0.1) is 0 Å². The van der Waals surface area contributed by atoms with Gasteiger partial charge in [0.15, 0.2) is 0 Å². The molecule has 1 rings (SSSR count). The Balaban J connectivity index is 2.92. The van der Waals surface area contributed by atoms with Gasteiger partial charge < -0.3 is 9.84 Å². The fourth-order valence-electron chi connectivity index (χ4n) is 1.95. The van der Waals surface area contributed by atoms with E-state index in [1.54, 1.807) is 26.2 Å². The molecule has 0 bridgehead atoms. The van der Waals surface area contributed by atoms with Gasteiger partial charge >= 0.3 is 0 Å². The number of aryl methyl sites for hydroxylation is 1. The molecular formula is C14H23NO4S. The monoisotopic (exact) mass is 301 g/mol. The summed E-state index contributed by atoms with van der Waals surface area (Å²) in [6.07, 6.45) is 1.36. The zero-order chi connectivity index (χ0) is 15.2. The van der Waals surface area contributed by atoms with Crippen LogP contribution < -0.4 is 4.72 Å². The van der Waals surface area contributed by atoms with Crippen molar-refractivity contribution >= 4 is 10.0 Å². The molecule has 5 nitrogen and oxygen atoms in total. The summed E-state index contributed by atoms with van der Waals surface area (Å²) in [5.41, 5.74) is 1.61. The quantitative estimate of drug-likeness (QED) is 0.762. The van der Waals surface area contributed by atoms with Crippen LogP contribution in [0.3, 0.4) is 0 Å². The highest BCUT2D eigenvalue weighted by molar-refractivity contribution is 7.89. The predicted molar refractivity (Wildman–Crippen MR) is 78.0 cm³/mol. The SMILES string of the molecule is CCc1ccc(S(=O)(=O)NC(C)CCOC)cc1CO. The standard InChI is InChI=1S/C14H23NO4S/c1-4-12-5-6-14(9-13(12)10-16)20(17,18)15-11(2)7-8-19-3/h5-6,9,11,15-16H,4,7-8,10H2,1-3H3. The Morgan fingerprint density at radius 2 is 2.05 bits per heavy atom. The molecule has 1 aromatic rings. The average molecular weight is 301 g/mol. The molecule has 0 aromatic heterocycles. The predicted octanol–water partition coefficient (Wildman–Crippen LogP) is 1.44. The minimum Gasteiger partial charge on any atom is -0.392 e.